The van der Waals surface area contributed by atoms with Gasteiger partial charge in [0, 0.05) is 22.3 Å². The maximum Gasteiger partial charge on any atom is 0.267 e. The summed E-state index contributed by atoms with van der Waals surface area (Å²) in [5, 5.41) is 7.79. The molecule has 3 aromatic rings. The number of nitrogens with one attached hydrogen (secondary N) is 1. The largest absolute Gasteiger partial charge is 0.324 e. The summed E-state index contributed by atoms with van der Waals surface area (Å²) in [6, 6.07) is 19.3. The molecule has 0 aliphatic carbocycles. The summed E-state index contributed by atoms with van der Waals surface area (Å²) in [7, 11) is 0. The van der Waals surface area contributed by atoms with Crippen molar-refractivity contribution < 1.29 is 4.79 Å². The van der Waals surface area contributed by atoms with Crippen molar-refractivity contribution in [2.24, 2.45) is 0 Å². The molecule has 0 saturated heterocycles. The molecule has 0 radical (unpaired) electrons. The van der Waals surface area contributed by atoms with Crippen molar-refractivity contribution in [2.45, 2.75) is 19.4 Å². The quantitative estimate of drug-likeness (QED) is 0.759. The SMILES string of the molecule is CC(C)(C(=O)Nc1ccc(Cl)cc1)n1nc(-c2ccccc2)ccc1=O. The number of hydrogen-bond acceptors (Lipinski definition) is 3. The molecule has 0 spiro atoms. The fourth-order valence-corrected chi connectivity index (χ4v) is 2.61. The molecule has 132 valence electrons. The van der Waals surface area contributed by atoms with Crippen LogP contribution in [-0.4, -0.2) is 15.7 Å². The summed E-state index contributed by atoms with van der Waals surface area (Å²) in [6.45, 7) is 3.31. The highest BCUT2D eigenvalue weighted by molar-refractivity contribution is 6.30. The smallest absolute Gasteiger partial charge is 0.267 e. The van der Waals surface area contributed by atoms with E-state index in [-0.39, 0.29) is 11.5 Å². The van der Waals surface area contributed by atoms with Crippen LogP contribution in [0.1, 0.15) is 13.8 Å². The molecule has 0 aliphatic rings. The van der Waals surface area contributed by atoms with Crippen LogP contribution < -0.4 is 10.9 Å². The Hall–Kier alpha value is -2.92. The lowest BCUT2D eigenvalue weighted by atomic mass is 10.0. The first-order valence-electron chi connectivity index (χ1n) is 8.11. The lowest BCUT2D eigenvalue weighted by Gasteiger charge is -2.25. The third-order valence-corrected chi connectivity index (χ3v) is 4.31. The van der Waals surface area contributed by atoms with Gasteiger partial charge in [-0.1, -0.05) is 41.9 Å². The topological polar surface area (TPSA) is 64.0 Å². The Kier molecular flexibility index (Phi) is 4.91. The molecule has 3 rings (SSSR count). The molecule has 26 heavy (non-hydrogen) atoms. The second-order valence-corrected chi connectivity index (χ2v) is 6.79. The normalized spacial score (nSPS) is 11.2. The molecule has 0 atom stereocenters. The first-order chi connectivity index (χ1) is 12.4. The number of anilines is 1. The van der Waals surface area contributed by atoms with E-state index >= 15 is 0 Å². The van der Waals surface area contributed by atoms with E-state index in [4.69, 9.17) is 11.6 Å². The summed E-state index contributed by atoms with van der Waals surface area (Å²) in [5.74, 6) is -0.348. The van der Waals surface area contributed by atoms with Crippen LogP contribution >= 0.6 is 11.6 Å². The monoisotopic (exact) mass is 367 g/mol. The molecule has 1 N–H and O–H groups in total. The highest BCUT2D eigenvalue weighted by Crippen LogP contribution is 2.20. The third kappa shape index (κ3) is 3.68. The van der Waals surface area contributed by atoms with Crippen LogP contribution in [0.4, 0.5) is 5.69 Å². The van der Waals surface area contributed by atoms with E-state index in [2.05, 4.69) is 10.4 Å². The Labute approximate surface area is 156 Å². The van der Waals surface area contributed by atoms with Gasteiger partial charge in [-0.3, -0.25) is 9.59 Å². The lowest BCUT2D eigenvalue weighted by molar-refractivity contribution is -0.123. The van der Waals surface area contributed by atoms with E-state index in [9.17, 15) is 9.59 Å². The maximum atomic E-state index is 12.8. The number of nitrogens with zero attached hydrogens (tertiary/aromatic N) is 2. The van der Waals surface area contributed by atoms with Crippen LogP contribution in [0.5, 0.6) is 0 Å². The minimum Gasteiger partial charge on any atom is -0.324 e. The van der Waals surface area contributed by atoms with Crippen molar-refractivity contribution in [1.29, 1.82) is 0 Å². The van der Waals surface area contributed by atoms with Gasteiger partial charge in [-0.25, -0.2) is 4.68 Å². The van der Waals surface area contributed by atoms with Gasteiger partial charge in [0.1, 0.15) is 5.54 Å². The van der Waals surface area contributed by atoms with Crippen LogP contribution in [0.3, 0.4) is 0 Å². The van der Waals surface area contributed by atoms with Gasteiger partial charge in [0.25, 0.3) is 11.5 Å². The number of carbonyl (C=O) groups is 1. The highest BCUT2D eigenvalue weighted by atomic mass is 35.5. The van der Waals surface area contributed by atoms with Crippen LogP contribution in [0, 0.1) is 0 Å². The Morgan fingerprint density at radius 1 is 1.00 bits per heavy atom. The molecule has 1 heterocycles. The second-order valence-electron chi connectivity index (χ2n) is 6.35. The van der Waals surface area contributed by atoms with E-state index in [1.54, 1.807) is 44.2 Å². The average molecular weight is 368 g/mol. The summed E-state index contributed by atoms with van der Waals surface area (Å²) in [5.41, 5.74) is 0.565. The van der Waals surface area contributed by atoms with Crippen LogP contribution in [0.25, 0.3) is 11.3 Å². The summed E-state index contributed by atoms with van der Waals surface area (Å²) < 4.78 is 1.21. The van der Waals surface area contributed by atoms with E-state index in [0.29, 0.717) is 16.4 Å². The van der Waals surface area contributed by atoms with Crippen molar-refractivity contribution in [3.63, 3.8) is 0 Å². The molecule has 0 saturated carbocycles. The highest BCUT2D eigenvalue weighted by Gasteiger charge is 2.32. The van der Waals surface area contributed by atoms with E-state index < -0.39 is 5.54 Å². The molecule has 1 amide bonds. The van der Waals surface area contributed by atoms with Gasteiger partial charge < -0.3 is 5.32 Å². The Morgan fingerprint density at radius 2 is 1.65 bits per heavy atom. The van der Waals surface area contributed by atoms with Crippen molar-refractivity contribution in [3.05, 3.63) is 82.1 Å². The maximum absolute atomic E-state index is 12.8. The van der Waals surface area contributed by atoms with Crippen LogP contribution in [-0.2, 0) is 10.3 Å². The van der Waals surface area contributed by atoms with Gasteiger partial charge >= 0.3 is 0 Å². The fraction of sp³-hybridized carbons (Fsp3) is 0.150. The van der Waals surface area contributed by atoms with Gasteiger partial charge in [0.15, 0.2) is 0 Å². The standard InChI is InChI=1S/C20H18ClN3O2/c1-20(2,19(26)22-16-10-8-15(21)9-11-16)24-18(25)13-12-17(23-24)14-6-4-3-5-7-14/h3-13H,1-2H3,(H,22,26). The molecule has 1 aromatic heterocycles. The predicted molar refractivity (Wildman–Crippen MR) is 103 cm³/mol. The van der Waals surface area contributed by atoms with Crippen LogP contribution in [0.15, 0.2) is 71.5 Å². The van der Waals surface area contributed by atoms with Gasteiger partial charge in [0.05, 0.1) is 5.69 Å². The van der Waals surface area contributed by atoms with Crippen LogP contribution in [0.2, 0.25) is 5.02 Å². The number of amides is 1. The molecule has 0 unspecified atom stereocenters. The summed E-state index contributed by atoms with van der Waals surface area (Å²) in [4.78, 5) is 25.1. The van der Waals surface area contributed by atoms with E-state index in [0.717, 1.165) is 5.56 Å². The number of hydrogen-bond donors (Lipinski definition) is 1. The minimum atomic E-state index is -1.18. The molecular weight excluding hydrogens is 350 g/mol. The van der Waals surface area contributed by atoms with Crippen molar-refractivity contribution >= 4 is 23.2 Å². The predicted octanol–water partition coefficient (Wildman–Crippen LogP) is 3.94. The number of aromatic nitrogens is 2. The molecule has 0 fully saturated rings. The average Bonchev–Trinajstić information content (AvgIpc) is 2.64. The van der Waals surface area contributed by atoms with E-state index in [1.807, 2.05) is 30.3 Å². The third-order valence-electron chi connectivity index (χ3n) is 4.06. The molecule has 0 bridgehead atoms. The Balaban J connectivity index is 1.94. The van der Waals surface area contributed by atoms with Gasteiger partial charge in [-0.15, -0.1) is 0 Å². The zero-order valence-electron chi connectivity index (χ0n) is 14.4. The Bertz CT molecular complexity index is 980. The minimum absolute atomic E-state index is 0.346. The Morgan fingerprint density at radius 3 is 2.31 bits per heavy atom. The van der Waals surface area contributed by atoms with E-state index in [1.165, 1.54) is 10.7 Å². The fourth-order valence-electron chi connectivity index (χ4n) is 2.49. The van der Waals surface area contributed by atoms with Gasteiger partial charge in [0.2, 0.25) is 0 Å². The van der Waals surface area contributed by atoms with Gasteiger partial charge in [-0.05, 0) is 44.2 Å². The zero-order chi connectivity index (χ0) is 18.7. The lowest BCUT2D eigenvalue weighted by Crippen LogP contribution is -2.47. The number of carbonyl (C=O) groups excluding carboxylic acids is 1. The first kappa shape index (κ1) is 17.9. The number of benzene rings is 2. The first-order valence-corrected chi connectivity index (χ1v) is 8.49. The number of rotatable bonds is 4. The van der Waals surface area contributed by atoms with Gasteiger partial charge in [-0.2, -0.15) is 5.10 Å². The molecule has 2 aromatic carbocycles. The zero-order valence-corrected chi connectivity index (χ0v) is 15.2. The molecule has 5 nitrogen and oxygen atoms in total. The molecule has 0 aliphatic heterocycles. The molecular formula is C20H18ClN3O2. The van der Waals surface area contributed by atoms with Crippen molar-refractivity contribution in [1.82, 2.24) is 9.78 Å². The summed E-state index contributed by atoms with van der Waals surface area (Å²) >= 11 is 5.86. The number of halogens is 1. The summed E-state index contributed by atoms with van der Waals surface area (Å²) in [6.07, 6.45) is 0. The van der Waals surface area contributed by atoms with Crippen molar-refractivity contribution in [2.75, 3.05) is 5.32 Å². The second kappa shape index (κ2) is 7.14. The van der Waals surface area contributed by atoms with Crippen molar-refractivity contribution in [3.8, 4) is 11.3 Å². The molecule has 6 heteroatoms.